The molecule has 0 bridgehead atoms. The molecule has 1 saturated carbocycles. The quantitative estimate of drug-likeness (QED) is 0.682. The van der Waals surface area contributed by atoms with E-state index < -0.39 is 0 Å². The molecule has 1 aliphatic carbocycles. The Hall–Kier alpha value is -0.930. The monoisotopic (exact) mass is 248 g/mol. The van der Waals surface area contributed by atoms with Gasteiger partial charge in [-0.25, -0.2) is 0 Å². The molecule has 0 saturated heterocycles. The molecule has 3 heteroatoms. The summed E-state index contributed by atoms with van der Waals surface area (Å²) in [6, 6.07) is 4.93. The molecule has 0 spiro atoms. The summed E-state index contributed by atoms with van der Waals surface area (Å²) in [5.74, 6) is 0. The molecule has 0 amide bonds. The van der Waals surface area contributed by atoms with E-state index >= 15 is 0 Å². The summed E-state index contributed by atoms with van der Waals surface area (Å²) in [6.45, 7) is 4.06. The molecular formula is C15H24N2O. The fourth-order valence-corrected chi connectivity index (χ4v) is 1.98. The van der Waals surface area contributed by atoms with Gasteiger partial charge >= 0.3 is 0 Å². The van der Waals surface area contributed by atoms with Gasteiger partial charge in [0.05, 0.1) is 6.10 Å². The van der Waals surface area contributed by atoms with E-state index in [4.69, 9.17) is 4.74 Å². The van der Waals surface area contributed by atoms with Crippen LogP contribution in [0.4, 0.5) is 0 Å². The summed E-state index contributed by atoms with van der Waals surface area (Å²) in [5, 5.41) is 3.53. The Morgan fingerprint density at radius 3 is 2.83 bits per heavy atom. The topological polar surface area (TPSA) is 34.1 Å². The van der Waals surface area contributed by atoms with Gasteiger partial charge in [-0.05, 0) is 49.8 Å². The maximum atomic E-state index is 5.91. The Labute approximate surface area is 110 Å². The lowest BCUT2D eigenvalue weighted by Crippen LogP contribution is -2.30. The van der Waals surface area contributed by atoms with Crippen molar-refractivity contribution in [3.63, 3.8) is 0 Å². The van der Waals surface area contributed by atoms with Crippen LogP contribution in [-0.4, -0.2) is 30.3 Å². The van der Waals surface area contributed by atoms with Gasteiger partial charge in [0.25, 0.3) is 0 Å². The molecule has 1 fully saturated rings. The normalized spacial score (nSPS) is 16.7. The molecule has 1 unspecified atom stereocenters. The van der Waals surface area contributed by atoms with Crippen molar-refractivity contribution in [1.29, 1.82) is 0 Å². The average Bonchev–Trinajstić information content (AvgIpc) is 3.23. The lowest BCUT2D eigenvalue weighted by atomic mass is 10.1. The number of nitrogens with zero attached hydrogens (tertiary/aromatic N) is 1. The zero-order valence-electron chi connectivity index (χ0n) is 11.3. The summed E-state index contributed by atoms with van der Waals surface area (Å²) in [5.41, 5.74) is 1.35. The smallest absolute Gasteiger partial charge is 0.0696 e. The van der Waals surface area contributed by atoms with Crippen LogP contribution in [-0.2, 0) is 11.2 Å². The maximum Gasteiger partial charge on any atom is 0.0696 e. The zero-order valence-corrected chi connectivity index (χ0v) is 11.3. The molecule has 1 atom stereocenters. The largest absolute Gasteiger partial charge is 0.377 e. The molecule has 0 aromatic carbocycles. The van der Waals surface area contributed by atoms with Crippen molar-refractivity contribution in [1.82, 2.24) is 10.3 Å². The first kappa shape index (κ1) is 13.5. The highest BCUT2D eigenvalue weighted by Crippen LogP contribution is 2.18. The van der Waals surface area contributed by atoms with Gasteiger partial charge in [0.15, 0.2) is 0 Å². The SMILES string of the molecule is CCC(CNC1CC1)OCCCc1ccncc1. The van der Waals surface area contributed by atoms with Crippen LogP contribution in [0, 0.1) is 0 Å². The van der Waals surface area contributed by atoms with E-state index in [1.165, 1.54) is 18.4 Å². The van der Waals surface area contributed by atoms with E-state index in [0.29, 0.717) is 6.10 Å². The Kier molecular flexibility index (Phi) is 5.62. The minimum Gasteiger partial charge on any atom is -0.377 e. The molecule has 1 aromatic rings. The molecule has 3 nitrogen and oxygen atoms in total. The Balaban J connectivity index is 1.55. The zero-order chi connectivity index (χ0) is 12.6. The Morgan fingerprint density at radius 2 is 2.17 bits per heavy atom. The predicted molar refractivity (Wildman–Crippen MR) is 73.6 cm³/mol. The van der Waals surface area contributed by atoms with Crippen molar-refractivity contribution in [2.24, 2.45) is 0 Å². The number of aromatic nitrogens is 1. The number of nitrogens with one attached hydrogen (secondary N) is 1. The van der Waals surface area contributed by atoms with E-state index in [2.05, 4.69) is 29.4 Å². The van der Waals surface area contributed by atoms with Gasteiger partial charge in [-0.2, -0.15) is 0 Å². The first-order valence-electron chi connectivity index (χ1n) is 7.12. The minimum absolute atomic E-state index is 0.378. The van der Waals surface area contributed by atoms with Crippen LogP contribution in [0.15, 0.2) is 24.5 Å². The van der Waals surface area contributed by atoms with Crippen molar-refractivity contribution in [2.45, 2.75) is 51.2 Å². The van der Waals surface area contributed by atoms with Crippen molar-refractivity contribution in [3.05, 3.63) is 30.1 Å². The fourth-order valence-electron chi connectivity index (χ4n) is 1.98. The Morgan fingerprint density at radius 1 is 1.39 bits per heavy atom. The molecule has 2 rings (SSSR count). The van der Waals surface area contributed by atoms with Crippen molar-refractivity contribution in [2.75, 3.05) is 13.2 Å². The molecular weight excluding hydrogens is 224 g/mol. The molecule has 0 aliphatic heterocycles. The molecule has 1 aliphatic rings. The van der Waals surface area contributed by atoms with Gasteiger partial charge in [0.2, 0.25) is 0 Å². The highest BCUT2D eigenvalue weighted by atomic mass is 16.5. The van der Waals surface area contributed by atoms with Crippen LogP contribution in [0.1, 0.15) is 38.2 Å². The molecule has 18 heavy (non-hydrogen) atoms. The number of rotatable bonds is 9. The number of hydrogen-bond acceptors (Lipinski definition) is 3. The van der Waals surface area contributed by atoms with E-state index in [0.717, 1.165) is 38.5 Å². The van der Waals surface area contributed by atoms with Crippen LogP contribution in [0.2, 0.25) is 0 Å². The van der Waals surface area contributed by atoms with Crippen LogP contribution in [0.3, 0.4) is 0 Å². The predicted octanol–water partition coefficient (Wildman–Crippen LogP) is 2.56. The molecule has 100 valence electrons. The number of hydrogen-bond donors (Lipinski definition) is 1. The van der Waals surface area contributed by atoms with Gasteiger partial charge in [0.1, 0.15) is 0 Å². The van der Waals surface area contributed by atoms with Crippen molar-refractivity contribution in [3.8, 4) is 0 Å². The lowest BCUT2D eigenvalue weighted by Gasteiger charge is -2.16. The lowest BCUT2D eigenvalue weighted by molar-refractivity contribution is 0.0491. The third-order valence-electron chi connectivity index (χ3n) is 3.38. The highest BCUT2D eigenvalue weighted by molar-refractivity contribution is 5.09. The first-order chi connectivity index (χ1) is 8.88. The maximum absolute atomic E-state index is 5.91. The minimum atomic E-state index is 0.378. The first-order valence-corrected chi connectivity index (χ1v) is 7.12. The van der Waals surface area contributed by atoms with Crippen molar-refractivity contribution < 1.29 is 4.74 Å². The highest BCUT2D eigenvalue weighted by Gasteiger charge is 2.21. The van der Waals surface area contributed by atoms with Crippen LogP contribution >= 0.6 is 0 Å². The molecule has 1 aromatic heterocycles. The van der Waals surface area contributed by atoms with E-state index in [1.54, 1.807) is 0 Å². The summed E-state index contributed by atoms with van der Waals surface area (Å²) in [6.07, 6.45) is 10.0. The number of aryl methyl sites for hydroxylation is 1. The van der Waals surface area contributed by atoms with Crippen molar-refractivity contribution >= 4 is 0 Å². The summed E-state index contributed by atoms with van der Waals surface area (Å²) in [7, 11) is 0. The Bertz CT molecular complexity index is 325. The van der Waals surface area contributed by atoms with E-state index in [1.807, 2.05) is 12.4 Å². The van der Waals surface area contributed by atoms with Gasteiger partial charge < -0.3 is 10.1 Å². The second-order valence-corrected chi connectivity index (χ2v) is 5.04. The van der Waals surface area contributed by atoms with Crippen LogP contribution in [0.25, 0.3) is 0 Å². The number of ether oxygens (including phenoxy) is 1. The van der Waals surface area contributed by atoms with E-state index in [-0.39, 0.29) is 0 Å². The summed E-state index contributed by atoms with van der Waals surface area (Å²) in [4.78, 5) is 4.02. The molecule has 1 N–H and O–H groups in total. The number of pyridine rings is 1. The molecule has 1 heterocycles. The standard InChI is InChI=1S/C15H24N2O/c1-2-15(12-17-14-5-6-14)18-11-3-4-13-7-9-16-10-8-13/h7-10,14-15,17H,2-6,11-12H2,1H3. The van der Waals surface area contributed by atoms with Gasteiger partial charge in [-0.1, -0.05) is 6.92 Å². The summed E-state index contributed by atoms with van der Waals surface area (Å²) >= 11 is 0. The van der Waals surface area contributed by atoms with Crippen LogP contribution < -0.4 is 5.32 Å². The third kappa shape index (κ3) is 5.15. The van der Waals surface area contributed by atoms with E-state index in [9.17, 15) is 0 Å². The van der Waals surface area contributed by atoms with Gasteiger partial charge in [-0.3, -0.25) is 4.98 Å². The second kappa shape index (κ2) is 7.49. The fraction of sp³-hybridized carbons (Fsp3) is 0.667. The molecule has 0 radical (unpaired) electrons. The summed E-state index contributed by atoms with van der Waals surface area (Å²) < 4.78 is 5.91. The van der Waals surface area contributed by atoms with Gasteiger partial charge in [-0.15, -0.1) is 0 Å². The third-order valence-corrected chi connectivity index (χ3v) is 3.38. The second-order valence-electron chi connectivity index (χ2n) is 5.04. The average molecular weight is 248 g/mol. The van der Waals surface area contributed by atoms with Crippen LogP contribution in [0.5, 0.6) is 0 Å². The van der Waals surface area contributed by atoms with Gasteiger partial charge in [0, 0.05) is 31.6 Å².